The Balaban J connectivity index is 2.37. The van der Waals surface area contributed by atoms with Crippen LogP contribution in [0.15, 0.2) is 5.29 Å². The van der Waals surface area contributed by atoms with Crippen LogP contribution in [0.25, 0.3) is 0 Å². The van der Waals surface area contributed by atoms with Gasteiger partial charge >= 0.3 is 0 Å². The van der Waals surface area contributed by atoms with Crippen LogP contribution in [0.2, 0.25) is 0 Å². The third kappa shape index (κ3) is 1.93. The number of hydrogen-bond donors (Lipinski definition) is 1. The predicted octanol–water partition coefficient (Wildman–Crippen LogP) is -0.103. The maximum absolute atomic E-state index is 10.1. The normalized spacial score (nSPS) is 22.3. The summed E-state index contributed by atoms with van der Waals surface area (Å²) in [4.78, 5) is 10.1. The van der Waals surface area contributed by atoms with E-state index in [1.165, 1.54) is 5.01 Å². The van der Waals surface area contributed by atoms with E-state index in [1.807, 2.05) is 0 Å². The Labute approximate surface area is 59.7 Å². The summed E-state index contributed by atoms with van der Waals surface area (Å²) < 4.78 is 0. The minimum atomic E-state index is 0.462. The van der Waals surface area contributed by atoms with Gasteiger partial charge in [-0.1, -0.05) is 0 Å². The van der Waals surface area contributed by atoms with Gasteiger partial charge in [0.1, 0.15) is 6.67 Å². The van der Waals surface area contributed by atoms with E-state index < -0.39 is 0 Å². The van der Waals surface area contributed by atoms with Crippen molar-refractivity contribution in [3.05, 3.63) is 4.91 Å². The average molecular weight is 144 g/mol. The molecular weight excluding hydrogens is 132 g/mol. The number of rotatable bonds is 1. The van der Waals surface area contributed by atoms with Crippen LogP contribution in [0.3, 0.4) is 0 Å². The average Bonchev–Trinajstić information content (AvgIpc) is 2.13. The molecule has 0 saturated carbocycles. The second kappa shape index (κ2) is 3.48. The zero-order valence-corrected chi connectivity index (χ0v) is 5.86. The molecule has 0 radical (unpaired) electrons. The van der Waals surface area contributed by atoms with Crippen molar-refractivity contribution < 1.29 is 0 Å². The lowest BCUT2D eigenvalue weighted by atomic mass is 10.3. The highest BCUT2D eigenvalue weighted by molar-refractivity contribution is 4.58. The number of nitrogens with two attached hydrogens (primary N) is 1. The molecule has 5 heteroatoms. The largest absolute Gasteiger partial charge is 0.267 e. The van der Waals surface area contributed by atoms with E-state index in [1.54, 1.807) is 5.01 Å². The Morgan fingerprint density at radius 3 is 2.70 bits per heavy atom. The van der Waals surface area contributed by atoms with Gasteiger partial charge in [-0.2, -0.15) is 0 Å². The Kier molecular flexibility index (Phi) is 2.58. The molecule has 1 saturated heterocycles. The first-order valence-electron chi connectivity index (χ1n) is 3.41. The standard InChI is InChI=1S/C5H12N4O/c6-8-3-1-2-4-9(5-8)7-10/h1-6H2. The first-order valence-corrected chi connectivity index (χ1v) is 3.41. The number of hydrazine groups is 1. The summed E-state index contributed by atoms with van der Waals surface area (Å²) in [5.74, 6) is 5.49. The van der Waals surface area contributed by atoms with Crippen LogP contribution in [0.1, 0.15) is 12.8 Å². The third-order valence-electron chi connectivity index (χ3n) is 1.57. The molecule has 0 aromatic carbocycles. The molecule has 1 fully saturated rings. The lowest BCUT2D eigenvalue weighted by molar-refractivity contribution is 0.159. The molecule has 1 aliphatic heterocycles. The minimum absolute atomic E-state index is 0.462. The van der Waals surface area contributed by atoms with Crippen molar-refractivity contribution in [3.63, 3.8) is 0 Å². The lowest BCUT2D eigenvalue weighted by Crippen LogP contribution is -2.38. The van der Waals surface area contributed by atoms with Crippen molar-refractivity contribution in [2.24, 2.45) is 11.1 Å². The fraction of sp³-hybridized carbons (Fsp3) is 1.00. The van der Waals surface area contributed by atoms with Gasteiger partial charge in [-0.25, -0.2) is 10.0 Å². The monoisotopic (exact) mass is 144 g/mol. The lowest BCUT2D eigenvalue weighted by Gasteiger charge is -2.17. The van der Waals surface area contributed by atoms with E-state index in [0.29, 0.717) is 6.67 Å². The molecule has 1 heterocycles. The summed E-state index contributed by atoms with van der Waals surface area (Å²) in [7, 11) is 0. The Morgan fingerprint density at radius 2 is 2.00 bits per heavy atom. The van der Waals surface area contributed by atoms with Crippen LogP contribution in [-0.4, -0.2) is 29.8 Å². The van der Waals surface area contributed by atoms with Crippen LogP contribution in [0, 0.1) is 4.91 Å². The molecule has 0 unspecified atom stereocenters. The van der Waals surface area contributed by atoms with Crippen LogP contribution >= 0.6 is 0 Å². The molecule has 0 aromatic heterocycles. The maximum Gasteiger partial charge on any atom is 0.104 e. The molecule has 0 aliphatic carbocycles. The SMILES string of the molecule is NN1CCCCN(N=O)C1. The molecule has 0 aromatic rings. The van der Waals surface area contributed by atoms with Gasteiger partial charge in [0.15, 0.2) is 0 Å². The van der Waals surface area contributed by atoms with E-state index in [0.717, 1.165) is 25.9 Å². The molecule has 1 aliphatic rings. The number of nitroso groups, excluding NO2 is 1. The van der Waals surface area contributed by atoms with Crippen molar-refractivity contribution in [1.82, 2.24) is 10.0 Å². The maximum atomic E-state index is 10.1. The van der Waals surface area contributed by atoms with Gasteiger partial charge in [-0.05, 0) is 12.8 Å². The Morgan fingerprint density at radius 1 is 1.30 bits per heavy atom. The van der Waals surface area contributed by atoms with Crippen molar-refractivity contribution in [3.8, 4) is 0 Å². The molecule has 1 rings (SSSR count). The molecule has 0 atom stereocenters. The minimum Gasteiger partial charge on any atom is -0.267 e. The fourth-order valence-electron chi connectivity index (χ4n) is 1.03. The summed E-state index contributed by atoms with van der Waals surface area (Å²) in [5.41, 5.74) is 0. The highest BCUT2D eigenvalue weighted by Crippen LogP contribution is 2.02. The molecular formula is C5H12N4O. The highest BCUT2D eigenvalue weighted by Gasteiger charge is 2.10. The van der Waals surface area contributed by atoms with Crippen molar-refractivity contribution in [2.45, 2.75) is 12.8 Å². The first kappa shape index (κ1) is 7.43. The first-order chi connectivity index (χ1) is 4.83. The van der Waals surface area contributed by atoms with Gasteiger partial charge in [0.2, 0.25) is 0 Å². The van der Waals surface area contributed by atoms with Crippen molar-refractivity contribution in [1.29, 1.82) is 0 Å². The van der Waals surface area contributed by atoms with Gasteiger partial charge in [-0.3, -0.25) is 5.84 Å². The van der Waals surface area contributed by atoms with E-state index in [2.05, 4.69) is 5.29 Å². The smallest absolute Gasteiger partial charge is 0.104 e. The van der Waals surface area contributed by atoms with Gasteiger partial charge in [0.05, 0.1) is 5.29 Å². The fourth-order valence-corrected chi connectivity index (χ4v) is 1.03. The Bertz CT molecular complexity index is 118. The summed E-state index contributed by atoms with van der Waals surface area (Å²) >= 11 is 0. The number of nitrogens with zero attached hydrogens (tertiary/aromatic N) is 3. The van der Waals surface area contributed by atoms with Crippen LogP contribution in [0.5, 0.6) is 0 Å². The Hall–Kier alpha value is -0.680. The molecule has 0 amide bonds. The van der Waals surface area contributed by atoms with Crippen LogP contribution in [0.4, 0.5) is 0 Å². The predicted molar refractivity (Wildman–Crippen MR) is 37.5 cm³/mol. The van der Waals surface area contributed by atoms with Gasteiger partial charge in [-0.15, -0.1) is 4.91 Å². The molecule has 0 bridgehead atoms. The topological polar surface area (TPSA) is 61.9 Å². The highest BCUT2D eigenvalue weighted by atomic mass is 16.3. The molecule has 10 heavy (non-hydrogen) atoms. The third-order valence-corrected chi connectivity index (χ3v) is 1.57. The summed E-state index contributed by atoms with van der Waals surface area (Å²) in [5, 5.41) is 5.86. The zero-order valence-electron chi connectivity index (χ0n) is 5.86. The van der Waals surface area contributed by atoms with E-state index in [4.69, 9.17) is 5.84 Å². The van der Waals surface area contributed by atoms with Gasteiger partial charge in [0, 0.05) is 13.1 Å². The summed E-state index contributed by atoms with van der Waals surface area (Å²) in [6.45, 7) is 2.05. The van der Waals surface area contributed by atoms with Gasteiger partial charge < -0.3 is 0 Å². The van der Waals surface area contributed by atoms with Crippen LogP contribution < -0.4 is 5.84 Å². The molecule has 0 spiro atoms. The second-order valence-corrected chi connectivity index (χ2v) is 2.47. The van der Waals surface area contributed by atoms with E-state index >= 15 is 0 Å². The molecule has 2 N–H and O–H groups in total. The molecule has 5 nitrogen and oxygen atoms in total. The zero-order chi connectivity index (χ0) is 7.40. The van der Waals surface area contributed by atoms with Crippen molar-refractivity contribution >= 4 is 0 Å². The summed E-state index contributed by atoms with van der Waals surface area (Å²) in [6, 6.07) is 0. The second-order valence-electron chi connectivity index (χ2n) is 2.47. The summed E-state index contributed by atoms with van der Waals surface area (Å²) in [6.07, 6.45) is 2.04. The van der Waals surface area contributed by atoms with E-state index in [-0.39, 0.29) is 0 Å². The quantitative estimate of drug-likeness (QED) is 0.412. The molecule has 58 valence electrons. The van der Waals surface area contributed by atoms with Crippen LogP contribution in [-0.2, 0) is 0 Å². The van der Waals surface area contributed by atoms with Gasteiger partial charge in [0.25, 0.3) is 0 Å². The van der Waals surface area contributed by atoms with E-state index in [9.17, 15) is 4.91 Å². The number of hydrogen-bond acceptors (Lipinski definition) is 4. The van der Waals surface area contributed by atoms with Crippen molar-refractivity contribution in [2.75, 3.05) is 19.8 Å².